The summed E-state index contributed by atoms with van der Waals surface area (Å²) in [4.78, 5) is 0. The largest absolute Gasteiger partial charge is 0.383 e. The Morgan fingerprint density at radius 2 is 1.93 bits per heavy atom. The molecule has 15 heavy (non-hydrogen) atoms. The molecular weight excluding hydrogens is 186 g/mol. The van der Waals surface area contributed by atoms with Gasteiger partial charge in [0.1, 0.15) is 0 Å². The molecule has 0 fully saturated rings. The van der Waals surface area contributed by atoms with E-state index in [4.69, 9.17) is 4.74 Å². The Kier molecular flexibility index (Phi) is 5.37. The summed E-state index contributed by atoms with van der Waals surface area (Å²) in [6.45, 7) is 6.01. The fourth-order valence-electron chi connectivity index (χ4n) is 1.54. The lowest BCUT2D eigenvalue weighted by molar-refractivity contribution is 0.196. The van der Waals surface area contributed by atoms with E-state index < -0.39 is 0 Å². The third kappa shape index (κ3) is 4.02. The van der Waals surface area contributed by atoms with Crippen LogP contribution in [0, 0.1) is 0 Å². The molecule has 0 aliphatic rings. The second-order valence-corrected chi connectivity index (χ2v) is 3.76. The van der Waals surface area contributed by atoms with Crippen LogP contribution in [-0.2, 0) is 11.2 Å². The second kappa shape index (κ2) is 6.59. The topological polar surface area (TPSA) is 21.3 Å². The Bertz CT molecular complexity index is 268. The normalized spacial score (nSPS) is 12.7. The van der Waals surface area contributed by atoms with E-state index in [1.165, 1.54) is 11.1 Å². The number of rotatable bonds is 6. The molecule has 1 N–H and O–H groups in total. The van der Waals surface area contributed by atoms with Crippen molar-refractivity contribution in [1.29, 1.82) is 0 Å². The molecule has 1 aromatic rings. The standard InChI is InChI=1S/C13H21NO/c1-4-12-5-7-13(8-6-12)11(2)14-9-10-15-3/h5-8,11,14H,4,9-10H2,1-3H3/t11-/m1/s1. The Labute approximate surface area is 92.6 Å². The molecule has 0 unspecified atom stereocenters. The van der Waals surface area contributed by atoms with Crippen LogP contribution in [-0.4, -0.2) is 20.3 Å². The minimum atomic E-state index is 0.394. The minimum Gasteiger partial charge on any atom is -0.383 e. The zero-order valence-electron chi connectivity index (χ0n) is 9.92. The predicted octanol–water partition coefficient (Wildman–Crippen LogP) is 2.55. The summed E-state index contributed by atoms with van der Waals surface area (Å²) < 4.78 is 5.00. The van der Waals surface area contributed by atoms with E-state index in [0.717, 1.165) is 19.6 Å². The average Bonchev–Trinajstić information content (AvgIpc) is 2.29. The van der Waals surface area contributed by atoms with Crippen molar-refractivity contribution in [3.05, 3.63) is 35.4 Å². The minimum absolute atomic E-state index is 0.394. The predicted molar refractivity (Wildman–Crippen MR) is 64.1 cm³/mol. The van der Waals surface area contributed by atoms with Crippen molar-refractivity contribution in [2.75, 3.05) is 20.3 Å². The lowest BCUT2D eigenvalue weighted by Crippen LogP contribution is -2.22. The smallest absolute Gasteiger partial charge is 0.0587 e. The summed E-state index contributed by atoms with van der Waals surface area (Å²) in [5.41, 5.74) is 2.73. The van der Waals surface area contributed by atoms with Crippen LogP contribution in [0.1, 0.15) is 31.0 Å². The Balaban J connectivity index is 2.46. The Morgan fingerprint density at radius 1 is 1.27 bits per heavy atom. The van der Waals surface area contributed by atoms with Gasteiger partial charge in [-0.1, -0.05) is 31.2 Å². The van der Waals surface area contributed by atoms with Crippen molar-refractivity contribution in [3.63, 3.8) is 0 Å². The maximum Gasteiger partial charge on any atom is 0.0587 e. The summed E-state index contributed by atoms with van der Waals surface area (Å²) in [5.74, 6) is 0. The monoisotopic (exact) mass is 207 g/mol. The quantitative estimate of drug-likeness (QED) is 0.724. The molecule has 0 aliphatic carbocycles. The molecule has 0 spiro atoms. The first-order valence-corrected chi connectivity index (χ1v) is 5.59. The summed E-state index contributed by atoms with van der Waals surface area (Å²) in [6.07, 6.45) is 1.10. The van der Waals surface area contributed by atoms with Gasteiger partial charge in [-0.05, 0) is 24.5 Å². The average molecular weight is 207 g/mol. The maximum absolute atomic E-state index is 5.00. The van der Waals surface area contributed by atoms with Gasteiger partial charge in [0, 0.05) is 19.7 Å². The Morgan fingerprint density at radius 3 is 2.47 bits per heavy atom. The van der Waals surface area contributed by atoms with Gasteiger partial charge in [-0.25, -0.2) is 0 Å². The van der Waals surface area contributed by atoms with Gasteiger partial charge in [0.2, 0.25) is 0 Å². The number of hydrogen-bond donors (Lipinski definition) is 1. The second-order valence-electron chi connectivity index (χ2n) is 3.76. The Hall–Kier alpha value is -0.860. The third-order valence-electron chi connectivity index (χ3n) is 2.64. The van der Waals surface area contributed by atoms with Crippen molar-refractivity contribution in [3.8, 4) is 0 Å². The summed E-state index contributed by atoms with van der Waals surface area (Å²) in [7, 11) is 1.72. The number of hydrogen-bond acceptors (Lipinski definition) is 2. The molecule has 0 aliphatic heterocycles. The van der Waals surface area contributed by atoms with Crippen molar-refractivity contribution in [2.24, 2.45) is 0 Å². The number of nitrogens with one attached hydrogen (secondary N) is 1. The summed E-state index contributed by atoms with van der Waals surface area (Å²) in [6, 6.07) is 9.19. The van der Waals surface area contributed by atoms with Crippen LogP contribution in [0.25, 0.3) is 0 Å². The van der Waals surface area contributed by atoms with E-state index in [-0.39, 0.29) is 0 Å². The fraction of sp³-hybridized carbons (Fsp3) is 0.538. The van der Waals surface area contributed by atoms with E-state index in [9.17, 15) is 0 Å². The molecule has 0 heterocycles. The van der Waals surface area contributed by atoms with Gasteiger partial charge in [0.15, 0.2) is 0 Å². The lowest BCUT2D eigenvalue weighted by atomic mass is 10.1. The third-order valence-corrected chi connectivity index (χ3v) is 2.64. The molecule has 0 aromatic heterocycles. The van der Waals surface area contributed by atoms with E-state index >= 15 is 0 Å². The van der Waals surface area contributed by atoms with Gasteiger partial charge >= 0.3 is 0 Å². The van der Waals surface area contributed by atoms with Crippen molar-refractivity contribution < 1.29 is 4.74 Å². The van der Waals surface area contributed by atoms with Gasteiger partial charge in [-0.3, -0.25) is 0 Å². The number of aryl methyl sites for hydroxylation is 1. The van der Waals surface area contributed by atoms with Crippen LogP contribution in [0.15, 0.2) is 24.3 Å². The highest BCUT2D eigenvalue weighted by Crippen LogP contribution is 2.13. The zero-order valence-corrected chi connectivity index (χ0v) is 9.92. The summed E-state index contributed by atoms with van der Waals surface area (Å²) >= 11 is 0. The molecule has 1 rings (SSSR count). The van der Waals surface area contributed by atoms with Crippen molar-refractivity contribution in [1.82, 2.24) is 5.32 Å². The van der Waals surface area contributed by atoms with E-state index in [1.54, 1.807) is 7.11 Å². The molecule has 0 saturated heterocycles. The molecule has 1 atom stereocenters. The first-order valence-electron chi connectivity index (χ1n) is 5.59. The SMILES string of the molecule is CCc1ccc([C@@H](C)NCCOC)cc1. The van der Waals surface area contributed by atoms with Crippen LogP contribution >= 0.6 is 0 Å². The molecule has 0 bridgehead atoms. The number of benzene rings is 1. The van der Waals surface area contributed by atoms with Crippen LogP contribution in [0.2, 0.25) is 0 Å². The maximum atomic E-state index is 5.00. The van der Waals surface area contributed by atoms with Crippen LogP contribution in [0.5, 0.6) is 0 Å². The van der Waals surface area contributed by atoms with Gasteiger partial charge in [0.25, 0.3) is 0 Å². The number of ether oxygens (including phenoxy) is 1. The zero-order chi connectivity index (χ0) is 11.1. The highest BCUT2D eigenvalue weighted by Gasteiger charge is 2.03. The molecule has 0 radical (unpaired) electrons. The highest BCUT2D eigenvalue weighted by atomic mass is 16.5. The summed E-state index contributed by atoms with van der Waals surface area (Å²) in [5, 5.41) is 3.41. The lowest BCUT2D eigenvalue weighted by Gasteiger charge is -2.14. The first-order chi connectivity index (χ1) is 7.27. The molecular formula is C13H21NO. The molecule has 0 amide bonds. The van der Waals surface area contributed by atoms with Crippen LogP contribution in [0.3, 0.4) is 0 Å². The van der Waals surface area contributed by atoms with Gasteiger partial charge in [-0.15, -0.1) is 0 Å². The molecule has 2 heteroatoms. The van der Waals surface area contributed by atoms with E-state index in [2.05, 4.69) is 43.4 Å². The van der Waals surface area contributed by atoms with Crippen LogP contribution in [0.4, 0.5) is 0 Å². The highest BCUT2D eigenvalue weighted by molar-refractivity contribution is 5.24. The number of methoxy groups -OCH3 is 1. The molecule has 2 nitrogen and oxygen atoms in total. The molecule has 84 valence electrons. The van der Waals surface area contributed by atoms with Gasteiger partial charge < -0.3 is 10.1 Å². The first kappa shape index (κ1) is 12.2. The van der Waals surface area contributed by atoms with Crippen molar-refractivity contribution in [2.45, 2.75) is 26.3 Å². The molecule has 1 aromatic carbocycles. The fourth-order valence-corrected chi connectivity index (χ4v) is 1.54. The molecule has 0 saturated carbocycles. The van der Waals surface area contributed by atoms with Crippen LogP contribution < -0.4 is 5.32 Å². The van der Waals surface area contributed by atoms with Gasteiger partial charge in [-0.2, -0.15) is 0 Å². The van der Waals surface area contributed by atoms with E-state index in [1.807, 2.05) is 0 Å². The van der Waals surface area contributed by atoms with Gasteiger partial charge in [0.05, 0.1) is 6.61 Å². The van der Waals surface area contributed by atoms with E-state index in [0.29, 0.717) is 6.04 Å². The van der Waals surface area contributed by atoms with Crippen molar-refractivity contribution >= 4 is 0 Å².